The lowest BCUT2D eigenvalue weighted by Crippen LogP contribution is -2.45. The van der Waals surface area contributed by atoms with E-state index < -0.39 is 6.10 Å². The molecular formula is C9H18N2O4. The Hall–Kier alpha value is -0.690. The molecule has 0 radical (unpaired) electrons. The first-order valence-electron chi connectivity index (χ1n) is 5.09. The van der Waals surface area contributed by atoms with E-state index >= 15 is 0 Å². The monoisotopic (exact) mass is 218 g/mol. The lowest BCUT2D eigenvalue weighted by Gasteiger charge is -2.23. The molecule has 4 N–H and O–H groups in total. The van der Waals surface area contributed by atoms with Crippen LogP contribution in [0, 0.1) is 0 Å². The molecule has 0 saturated carbocycles. The summed E-state index contributed by atoms with van der Waals surface area (Å²) in [5.74, 6) is -0.148. The van der Waals surface area contributed by atoms with Crippen molar-refractivity contribution in [1.29, 1.82) is 0 Å². The van der Waals surface area contributed by atoms with Gasteiger partial charge in [-0.05, 0) is 0 Å². The molecule has 1 fully saturated rings. The van der Waals surface area contributed by atoms with Gasteiger partial charge in [0.2, 0.25) is 5.91 Å². The molecule has 2 unspecified atom stereocenters. The number of aliphatic hydroxyl groups excluding tert-OH is 2. The van der Waals surface area contributed by atoms with Crippen LogP contribution >= 0.6 is 0 Å². The van der Waals surface area contributed by atoms with Crippen molar-refractivity contribution >= 4 is 5.91 Å². The zero-order chi connectivity index (χ0) is 11.1. The topological polar surface area (TPSA) is 90.8 Å². The Morgan fingerprint density at radius 2 is 2.47 bits per heavy atom. The Labute approximate surface area is 88.6 Å². The third kappa shape index (κ3) is 5.08. The second-order valence-corrected chi connectivity index (χ2v) is 3.57. The molecule has 0 aromatic carbocycles. The van der Waals surface area contributed by atoms with E-state index in [1.807, 2.05) is 0 Å². The van der Waals surface area contributed by atoms with Crippen LogP contribution in [0.2, 0.25) is 0 Å². The highest BCUT2D eigenvalue weighted by atomic mass is 16.5. The van der Waals surface area contributed by atoms with Crippen molar-refractivity contribution in [2.45, 2.75) is 18.6 Å². The molecule has 0 bridgehead atoms. The Bertz CT molecular complexity index is 195. The van der Waals surface area contributed by atoms with Gasteiger partial charge in [-0.2, -0.15) is 0 Å². The van der Waals surface area contributed by atoms with E-state index in [0.717, 1.165) is 6.54 Å². The van der Waals surface area contributed by atoms with E-state index in [-0.39, 0.29) is 25.1 Å². The van der Waals surface area contributed by atoms with Gasteiger partial charge in [0.15, 0.2) is 0 Å². The Kier molecular flexibility index (Phi) is 5.56. The summed E-state index contributed by atoms with van der Waals surface area (Å²) in [6, 6.07) is 0.0463. The third-order valence-corrected chi connectivity index (χ3v) is 2.18. The second-order valence-electron chi connectivity index (χ2n) is 3.57. The maximum absolute atomic E-state index is 11.3. The van der Waals surface area contributed by atoms with E-state index in [0.29, 0.717) is 19.6 Å². The van der Waals surface area contributed by atoms with Crippen LogP contribution in [0.15, 0.2) is 0 Å². The summed E-state index contributed by atoms with van der Waals surface area (Å²) in [5.41, 5.74) is 0. The Morgan fingerprint density at radius 1 is 1.67 bits per heavy atom. The van der Waals surface area contributed by atoms with Crippen molar-refractivity contribution in [3.05, 3.63) is 0 Å². The molecule has 6 heteroatoms. The molecule has 0 aromatic heterocycles. The van der Waals surface area contributed by atoms with Crippen molar-refractivity contribution in [3.8, 4) is 0 Å². The van der Waals surface area contributed by atoms with Crippen molar-refractivity contribution in [2.75, 3.05) is 32.9 Å². The van der Waals surface area contributed by atoms with E-state index in [9.17, 15) is 4.79 Å². The first-order chi connectivity index (χ1) is 7.22. The normalized spacial score (nSPS) is 23.5. The van der Waals surface area contributed by atoms with Crippen LogP contribution in [0.4, 0.5) is 0 Å². The molecule has 15 heavy (non-hydrogen) atoms. The number of aliphatic hydroxyl groups is 2. The Balaban J connectivity index is 2.11. The summed E-state index contributed by atoms with van der Waals surface area (Å²) in [6.45, 7) is 1.72. The van der Waals surface area contributed by atoms with Gasteiger partial charge in [0.25, 0.3) is 0 Å². The molecule has 1 heterocycles. The predicted octanol–water partition coefficient (Wildman–Crippen LogP) is -2.17. The summed E-state index contributed by atoms with van der Waals surface area (Å²) in [6.07, 6.45) is -0.553. The summed E-state index contributed by atoms with van der Waals surface area (Å²) in [7, 11) is 0. The second kappa shape index (κ2) is 6.73. The molecule has 88 valence electrons. The molecular weight excluding hydrogens is 200 g/mol. The number of nitrogens with one attached hydrogen (secondary N) is 2. The van der Waals surface area contributed by atoms with E-state index in [4.69, 9.17) is 14.9 Å². The maximum Gasteiger partial charge on any atom is 0.221 e. The fourth-order valence-corrected chi connectivity index (χ4v) is 1.34. The molecule has 0 aromatic rings. The van der Waals surface area contributed by atoms with Crippen molar-refractivity contribution in [2.24, 2.45) is 0 Å². The maximum atomic E-state index is 11.3. The molecule has 1 amide bonds. The zero-order valence-electron chi connectivity index (χ0n) is 8.61. The number of hydrogen-bond donors (Lipinski definition) is 4. The fourth-order valence-electron chi connectivity index (χ4n) is 1.34. The van der Waals surface area contributed by atoms with Crippen LogP contribution in [0.5, 0.6) is 0 Å². The van der Waals surface area contributed by atoms with Gasteiger partial charge in [-0.25, -0.2) is 0 Å². The highest BCUT2D eigenvalue weighted by Crippen LogP contribution is 1.97. The Morgan fingerprint density at radius 3 is 3.07 bits per heavy atom. The minimum Gasteiger partial charge on any atom is -0.394 e. The lowest BCUT2D eigenvalue weighted by molar-refractivity contribution is -0.122. The SMILES string of the molecule is O=C(CC1COCCN1)NCC(O)CO. The third-order valence-electron chi connectivity index (χ3n) is 2.18. The minimum absolute atomic E-state index is 0.0463. The van der Waals surface area contributed by atoms with Gasteiger partial charge in [-0.1, -0.05) is 0 Å². The average Bonchev–Trinajstić information content (AvgIpc) is 2.27. The summed E-state index contributed by atoms with van der Waals surface area (Å²) >= 11 is 0. The van der Waals surface area contributed by atoms with Crippen molar-refractivity contribution in [3.63, 3.8) is 0 Å². The smallest absolute Gasteiger partial charge is 0.221 e. The van der Waals surface area contributed by atoms with Crippen LogP contribution in [-0.2, 0) is 9.53 Å². The number of hydrogen-bond acceptors (Lipinski definition) is 5. The molecule has 0 spiro atoms. The standard InChI is InChI=1S/C9H18N2O4/c12-5-8(13)4-11-9(14)3-7-6-15-2-1-10-7/h7-8,10,12-13H,1-6H2,(H,11,14). The number of rotatable bonds is 5. The van der Waals surface area contributed by atoms with E-state index in [2.05, 4.69) is 10.6 Å². The highest BCUT2D eigenvalue weighted by Gasteiger charge is 2.16. The quantitative estimate of drug-likeness (QED) is 0.422. The summed E-state index contributed by atoms with van der Waals surface area (Å²) in [5, 5.41) is 23.2. The molecule has 0 aliphatic carbocycles. The number of carbonyl (C=O) groups excluding carboxylic acids is 1. The summed E-state index contributed by atoms with van der Waals surface area (Å²) < 4.78 is 5.20. The molecule has 1 rings (SSSR count). The molecule has 6 nitrogen and oxygen atoms in total. The predicted molar refractivity (Wildman–Crippen MR) is 53.3 cm³/mol. The van der Waals surface area contributed by atoms with Crippen LogP contribution in [0.3, 0.4) is 0 Å². The van der Waals surface area contributed by atoms with Gasteiger partial charge in [-0.15, -0.1) is 0 Å². The largest absolute Gasteiger partial charge is 0.394 e. The number of amides is 1. The fraction of sp³-hybridized carbons (Fsp3) is 0.889. The van der Waals surface area contributed by atoms with Crippen LogP contribution in [-0.4, -0.2) is 61.2 Å². The van der Waals surface area contributed by atoms with Gasteiger partial charge >= 0.3 is 0 Å². The minimum atomic E-state index is -0.885. The van der Waals surface area contributed by atoms with Crippen LogP contribution in [0.1, 0.15) is 6.42 Å². The van der Waals surface area contributed by atoms with E-state index in [1.54, 1.807) is 0 Å². The van der Waals surface area contributed by atoms with Crippen molar-refractivity contribution < 1.29 is 19.7 Å². The highest BCUT2D eigenvalue weighted by molar-refractivity contribution is 5.76. The first-order valence-corrected chi connectivity index (χ1v) is 5.09. The zero-order valence-corrected chi connectivity index (χ0v) is 8.61. The molecule has 1 saturated heterocycles. The van der Waals surface area contributed by atoms with Gasteiger partial charge in [-0.3, -0.25) is 4.79 Å². The van der Waals surface area contributed by atoms with Gasteiger partial charge < -0.3 is 25.6 Å². The number of ether oxygens (including phenoxy) is 1. The number of carbonyl (C=O) groups is 1. The molecule has 1 aliphatic heterocycles. The molecule has 1 aliphatic rings. The molecule has 2 atom stereocenters. The van der Waals surface area contributed by atoms with Crippen LogP contribution in [0.25, 0.3) is 0 Å². The number of morpholine rings is 1. The van der Waals surface area contributed by atoms with Crippen LogP contribution < -0.4 is 10.6 Å². The van der Waals surface area contributed by atoms with Gasteiger partial charge in [0.1, 0.15) is 0 Å². The average molecular weight is 218 g/mol. The van der Waals surface area contributed by atoms with Gasteiger partial charge in [0.05, 0.1) is 25.9 Å². The van der Waals surface area contributed by atoms with E-state index in [1.165, 1.54) is 0 Å². The first kappa shape index (κ1) is 12.4. The summed E-state index contributed by atoms with van der Waals surface area (Å²) in [4.78, 5) is 11.3. The van der Waals surface area contributed by atoms with Gasteiger partial charge in [0, 0.05) is 25.6 Å². The lowest BCUT2D eigenvalue weighted by atomic mass is 10.2. The van der Waals surface area contributed by atoms with Crippen molar-refractivity contribution in [1.82, 2.24) is 10.6 Å².